The molecule has 2 nitrogen and oxygen atoms in total. The van der Waals surface area contributed by atoms with Crippen LogP contribution in [0.3, 0.4) is 0 Å². The van der Waals surface area contributed by atoms with E-state index in [1.54, 1.807) is 19.1 Å². The summed E-state index contributed by atoms with van der Waals surface area (Å²) < 4.78 is 13.1. The van der Waals surface area contributed by atoms with Crippen LogP contribution in [0, 0.1) is 18.7 Å². The van der Waals surface area contributed by atoms with E-state index in [4.69, 9.17) is 0 Å². The maximum Gasteiger partial charge on any atom is 0.167 e. The minimum Gasteiger partial charge on any atom is -0.313 e. The Balaban J connectivity index is 2.23. The third-order valence-corrected chi connectivity index (χ3v) is 3.30. The van der Waals surface area contributed by atoms with Crippen LogP contribution in [0.4, 0.5) is 4.39 Å². The molecule has 1 saturated heterocycles. The fourth-order valence-electron chi connectivity index (χ4n) is 2.23. The van der Waals surface area contributed by atoms with Crippen molar-refractivity contribution >= 4 is 5.78 Å². The number of carbonyl (C=O) groups is 1. The predicted molar refractivity (Wildman–Crippen MR) is 61.0 cm³/mol. The fraction of sp³-hybridized carbons (Fsp3) is 0.462. The van der Waals surface area contributed by atoms with Crippen molar-refractivity contribution < 1.29 is 9.18 Å². The Hall–Kier alpha value is -1.22. The van der Waals surface area contributed by atoms with Gasteiger partial charge in [0.1, 0.15) is 5.82 Å². The molecule has 2 atom stereocenters. The number of ketones is 1. The Morgan fingerprint density at radius 2 is 2.25 bits per heavy atom. The molecule has 1 fully saturated rings. The molecule has 1 heterocycles. The summed E-state index contributed by atoms with van der Waals surface area (Å²) in [5.74, 6) is -0.0976. The third-order valence-electron chi connectivity index (χ3n) is 3.30. The lowest BCUT2D eigenvalue weighted by molar-refractivity contribution is 0.0914. The Labute approximate surface area is 94.9 Å². The average molecular weight is 221 g/mol. The highest BCUT2D eigenvalue weighted by Crippen LogP contribution is 2.21. The van der Waals surface area contributed by atoms with Gasteiger partial charge in [-0.15, -0.1) is 0 Å². The number of Topliss-reactive ketones (excluding diaryl/α,β-unsaturated/α-hetero) is 1. The van der Waals surface area contributed by atoms with Gasteiger partial charge in [-0.2, -0.15) is 0 Å². The normalized spacial score (nSPS) is 24.7. The van der Waals surface area contributed by atoms with Gasteiger partial charge in [0, 0.05) is 17.5 Å². The van der Waals surface area contributed by atoms with Crippen LogP contribution >= 0.6 is 0 Å². The number of nitrogens with one attached hydrogen (secondary N) is 1. The van der Waals surface area contributed by atoms with Gasteiger partial charge in [-0.25, -0.2) is 4.39 Å². The second-order valence-electron chi connectivity index (χ2n) is 4.47. The molecule has 2 rings (SSSR count). The second-order valence-corrected chi connectivity index (χ2v) is 4.47. The molecule has 16 heavy (non-hydrogen) atoms. The van der Waals surface area contributed by atoms with E-state index in [1.807, 2.05) is 6.92 Å². The zero-order chi connectivity index (χ0) is 11.7. The van der Waals surface area contributed by atoms with Crippen LogP contribution in [0.25, 0.3) is 0 Å². The van der Waals surface area contributed by atoms with Crippen molar-refractivity contribution in [2.45, 2.75) is 26.3 Å². The van der Waals surface area contributed by atoms with E-state index in [9.17, 15) is 9.18 Å². The van der Waals surface area contributed by atoms with E-state index in [0.717, 1.165) is 13.0 Å². The number of hydrogen-bond acceptors (Lipinski definition) is 2. The van der Waals surface area contributed by atoms with Gasteiger partial charge in [0.25, 0.3) is 0 Å². The van der Waals surface area contributed by atoms with Crippen molar-refractivity contribution in [3.05, 3.63) is 35.1 Å². The van der Waals surface area contributed by atoms with Crippen LogP contribution in [-0.2, 0) is 0 Å². The molecule has 0 saturated carbocycles. The molecule has 0 amide bonds. The molecule has 1 aromatic carbocycles. The number of carbonyl (C=O) groups excluding carboxylic acids is 1. The highest BCUT2D eigenvalue weighted by Gasteiger charge is 2.30. The van der Waals surface area contributed by atoms with Gasteiger partial charge in [-0.05, 0) is 50.6 Å². The van der Waals surface area contributed by atoms with Gasteiger partial charge in [0.15, 0.2) is 5.78 Å². The first-order chi connectivity index (χ1) is 7.59. The molecule has 0 bridgehead atoms. The number of benzene rings is 1. The highest BCUT2D eigenvalue weighted by molar-refractivity contribution is 5.98. The lowest BCUT2D eigenvalue weighted by Crippen LogP contribution is -2.28. The van der Waals surface area contributed by atoms with Gasteiger partial charge in [0.05, 0.1) is 0 Å². The summed E-state index contributed by atoms with van der Waals surface area (Å²) >= 11 is 0. The van der Waals surface area contributed by atoms with Crippen molar-refractivity contribution in [2.24, 2.45) is 5.92 Å². The summed E-state index contributed by atoms with van der Waals surface area (Å²) in [6, 6.07) is 4.81. The SMILES string of the molecule is Cc1cc(C(=O)C2CCNC2C)ccc1F. The minimum absolute atomic E-state index is 0.0323. The van der Waals surface area contributed by atoms with E-state index in [-0.39, 0.29) is 23.6 Å². The number of hydrogen-bond donors (Lipinski definition) is 1. The van der Waals surface area contributed by atoms with Gasteiger partial charge in [-0.1, -0.05) is 0 Å². The van der Waals surface area contributed by atoms with E-state index in [1.165, 1.54) is 6.07 Å². The molecule has 1 N–H and O–H groups in total. The van der Waals surface area contributed by atoms with Crippen LogP contribution in [-0.4, -0.2) is 18.4 Å². The zero-order valence-corrected chi connectivity index (χ0v) is 9.59. The first kappa shape index (κ1) is 11.3. The van der Waals surface area contributed by atoms with Crippen LogP contribution < -0.4 is 5.32 Å². The Morgan fingerprint density at radius 3 is 2.81 bits per heavy atom. The second kappa shape index (κ2) is 4.34. The fourth-order valence-corrected chi connectivity index (χ4v) is 2.23. The molecule has 0 spiro atoms. The summed E-state index contributed by atoms with van der Waals surface area (Å²) in [4.78, 5) is 12.2. The molecule has 0 aliphatic carbocycles. The third kappa shape index (κ3) is 2.00. The molecular formula is C13H16FNO. The van der Waals surface area contributed by atoms with Crippen LogP contribution in [0.2, 0.25) is 0 Å². The summed E-state index contributed by atoms with van der Waals surface area (Å²) in [6.07, 6.45) is 0.871. The number of halogens is 1. The van der Waals surface area contributed by atoms with E-state index >= 15 is 0 Å². The van der Waals surface area contributed by atoms with Crippen molar-refractivity contribution in [3.8, 4) is 0 Å². The molecule has 1 aromatic rings. The molecule has 1 aliphatic heterocycles. The first-order valence-electron chi connectivity index (χ1n) is 5.63. The quantitative estimate of drug-likeness (QED) is 0.776. The maximum absolute atomic E-state index is 13.1. The smallest absolute Gasteiger partial charge is 0.167 e. The van der Waals surface area contributed by atoms with Crippen molar-refractivity contribution in [1.29, 1.82) is 0 Å². The summed E-state index contributed by atoms with van der Waals surface area (Å²) in [6.45, 7) is 4.59. The predicted octanol–water partition coefficient (Wildman–Crippen LogP) is 2.31. The van der Waals surface area contributed by atoms with Crippen LogP contribution in [0.5, 0.6) is 0 Å². The van der Waals surface area contributed by atoms with Gasteiger partial charge >= 0.3 is 0 Å². The lowest BCUT2D eigenvalue weighted by atomic mass is 9.91. The van der Waals surface area contributed by atoms with Crippen LogP contribution in [0.1, 0.15) is 29.3 Å². The van der Waals surface area contributed by atoms with Crippen molar-refractivity contribution in [3.63, 3.8) is 0 Å². The zero-order valence-electron chi connectivity index (χ0n) is 9.59. The lowest BCUT2D eigenvalue weighted by Gasteiger charge is -2.14. The van der Waals surface area contributed by atoms with E-state index in [0.29, 0.717) is 11.1 Å². The number of aryl methyl sites for hydroxylation is 1. The monoisotopic (exact) mass is 221 g/mol. The highest BCUT2D eigenvalue weighted by atomic mass is 19.1. The minimum atomic E-state index is -0.255. The summed E-state index contributed by atoms with van der Waals surface area (Å²) in [5.41, 5.74) is 1.16. The summed E-state index contributed by atoms with van der Waals surface area (Å²) in [7, 11) is 0. The van der Waals surface area contributed by atoms with Gasteiger partial charge in [0.2, 0.25) is 0 Å². The van der Waals surface area contributed by atoms with E-state index < -0.39 is 0 Å². The van der Waals surface area contributed by atoms with Gasteiger partial charge < -0.3 is 5.32 Å². The van der Waals surface area contributed by atoms with Crippen molar-refractivity contribution in [1.82, 2.24) is 5.32 Å². The summed E-state index contributed by atoms with van der Waals surface area (Å²) in [5, 5.41) is 3.25. The first-order valence-corrected chi connectivity index (χ1v) is 5.63. The average Bonchev–Trinajstić information content (AvgIpc) is 2.67. The Kier molecular flexibility index (Phi) is 3.06. The topological polar surface area (TPSA) is 29.1 Å². The van der Waals surface area contributed by atoms with Gasteiger partial charge in [-0.3, -0.25) is 4.79 Å². The standard InChI is InChI=1S/C13H16FNO/c1-8-7-10(3-4-12(8)14)13(16)11-5-6-15-9(11)2/h3-4,7,9,11,15H,5-6H2,1-2H3. The van der Waals surface area contributed by atoms with Crippen LogP contribution in [0.15, 0.2) is 18.2 Å². The van der Waals surface area contributed by atoms with E-state index in [2.05, 4.69) is 5.32 Å². The molecule has 2 unspecified atom stereocenters. The molecular weight excluding hydrogens is 205 g/mol. The Bertz CT molecular complexity index is 416. The molecule has 0 radical (unpaired) electrons. The Morgan fingerprint density at radius 1 is 1.50 bits per heavy atom. The molecule has 0 aromatic heterocycles. The van der Waals surface area contributed by atoms with Crippen molar-refractivity contribution in [2.75, 3.05) is 6.54 Å². The molecule has 1 aliphatic rings. The largest absolute Gasteiger partial charge is 0.313 e. The molecule has 3 heteroatoms. The molecule has 86 valence electrons. The maximum atomic E-state index is 13.1. The number of rotatable bonds is 2.